The van der Waals surface area contributed by atoms with Gasteiger partial charge in [-0.15, -0.1) is 0 Å². The number of carboxylic acids is 2. The fourth-order valence-corrected chi connectivity index (χ4v) is 14.4. The Balaban J connectivity index is 0.976. The number of aliphatic hydroxyl groups is 1. The van der Waals surface area contributed by atoms with Gasteiger partial charge in [0.15, 0.2) is 0 Å². The van der Waals surface area contributed by atoms with Crippen molar-refractivity contribution < 1.29 is 39.3 Å². The van der Waals surface area contributed by atoms with E-state index in [0.29, 0.717) is 47.9 Å². The second-order valence-corrected chi connectivity index (χ2v) is 21.1. The molecule has 0 spiro atoms. The Kier molecular flexibility index (Phi) is 12.3. The summed E-state index contributed by atoms with van der Waals surface area (Å²) in [4.78, 5) is 66.9. The van der Waals surface area contributed by atoms with E-state index in [-0.39, 0.29) is 57.6 Å². The third-order valence-electron chi connectivity index (χ3n) is 17.9. The van der Waals surface area contributed by atoms with Gasteiger partial charge in [0, 0.05) is 18.3 Å². The Morgan fingerprint density at radius 2 is 1.58 bits per heavy atom. The van der Waals surface area contributed by atoms with E-state index in [1.807, 2.05) is 18.2 Å². The number of nitrogens with one attached hydrogen (secondary N) is 3. The predicted molar refractivity (Wildman–Crippen MR) is 235 cm³/mol. The first-order valence-corrected chi connectivity index (χ1v) is 22.9. The van der Waals surface area contributed by atoms with Gasteiger partial charge < -0.3 is 31.3 Å². The summed E-state index contributed by atoms with van der Waals surface area (Å²) in [5.74, 6) is -1.58. The van der Waals surface area contributed by atoms with Gasteiger partial charge >= 0.3 is 11.9 Å². The first-order valence-electron chi connectivity index (χ1n) is 22.9. The number of pyridine rings is 1. The van der Waals surface area contributed by atoms with Gasteiger partial charge in [-0.1, -0.05) is 58.9 Å². The predicted octanol–water partition coefficient (Wildman–Crippen LogP) is 7.35. The minimum atomic E-state index is -1.58. The molecule has 12 nitrogen and oxygen atoms in total. The summed E-state index contributed by atoms with van der Waals surface area (Å²) in [7, 11) is 0. The molecule has 336 valence electrons. The number of hydrogen-bond acceptors (Lipinski definition) is 7. The molecule has 4 unspecified atom stereocenters. The van der Waals surface area contributed by atoms with Crippen LogP contribution >= 0.6 is 0 Å². The molecule has 2 aromatic rings. The number of carboxylic acid groups (broad SMARTS) is 2. The smallest absolute Gasteiger partial charge is 0.326 e. The SMILES string of the molecule is C=C(C)[C@@H]1CC[C@]2(C(=O)NCCc3cccc(C(=O)NCc4ccc(C(=O)N[C@H](CC(=O)O)C(=O)O)cn4)c3)CC[C@]3(C)C(CCC4[C@@]5(C)CC[C@H](O)C(C)(C)C5CC[C@]43C)C12. The average Bonchev–Trinajstić information content (AvgIpc) is 3.63. The fourth-order valence-electron chi connectivity index (χ4n) is 14.4. The summed E-state index contributed by atoms with van der Waals surface area (Å²) in [6, 6.07) is 8.73. The molecule has 0 aliphatic heterocycles. The molecule has 5 fully saturated rings. The van der Waals surface area contributed by atoms with Crippen LogP contribution in [0.15, 0.2) is 54.7 Å². The number of nitrogens with zero attached hydrogens (tertiary/aromatic N) is 1. The number of carbonyl (C=O) groups excluding carboxylic acids is 3. The van der Waals surface area contributed by atoms with Crippen molar-refractivity contribution in [1.82, 2.24) is 20.9 Å². The topological polar surface area (TPSA) is 195 Å². The molecule has 12 heteroatoms. The van der Waals surface area contributed by atoms with E-state index >= 15 is 0 Å². The zero-order valence-electron chi connectivity index (χ0n) is 37.5. The first kappa shape index (κ1) is 45.4. The highest BCUT2D eigenvalue weighted by Crippen LogP contribution is 2.77. The molecule has 1 aromatic carbocycles. The summed E-state index contributed by atoms with van der Waals surface area (Å²) in [5, 5.41) is 37.7. The van der Waals surface area contributed by atoms with Crippen LogP contribution in [0.5, 0.6) is 0 Å². The maximum Gasteiger partial charge on any atom is 0.326 e. The number of allylic oxidation sites excluding steroid dienone is 1. The summed E-state index contributed by atoms with van der Waals surface area (Å²) in [6.45, 7) is 19.6. The Labute approximate surface area is 366 Å². The van der Waals surface area contributed by atoms with Crippen LogP contribution < -0.4 is 16.0 Å². The van der Waals surface area contributed by atoms with Crippen LogP contribution in [0.3, 0.4) is 0 Å². The van der Waals surface area contributed by atoms with Crippen LogP contribution in [0.1, 0.15) is 144 Å². The summed E-state index contributed by atoms with van der Waals surface area (Å²) in [5.41, 5.74) is 3.10. The van der Waals surface area contributed by atoms with Gasteiger partial charge in [0.25, 0.3) is 11.8 Å². The molecular weight excluding hydrogens is 785 g/mol. The maximum absolute atomic E-state index is 14.7. The number of hydrogen-bond donors (Lipinski definition) is 6. The number of amides is 3. The third kappa shape index (κ3) is 7.76. The summed E-state index contributed by atoms with van der Waals surface area (Å²) < 4.78 is 0. The molecular formula is C50H68N4O8. The molecule has 7 rings (SSSR count). The first-order chi connectivity index (χ1) is 29.2. The lowest BCUT2D eigenvalue weighted by molar-refractivity contribution is -0.246. The normalized spacial score (nSPS) is 34.8. The second-order valence-electron chi connectivity index (χ2n) is 21.1. The molecule has 1 heterocycles. The van der Waals surface area contributed by atoms with Crippen LogP contribution in [-0.4, -0.2) is 68.7 Å². The summed E-state index contributed by atoms with van der Waals surface area (Å²) in [6.07, 6.45) is 11.3. The monoisotopic (exact) mass is 853 g/mol. The van der Waals surface area contributed by atoms with Gasteiger partial charge in [0.2, 0.25) is 5.91 Å². The number of aromatic nitrogens is 1. The van der Waals surface area contributed by atoms with Crippen LogP contribution in [0.4, 0.5) is 0 Å². The zero-order chi connectivity index (χ0) is 45.0. The zero-order valence-corrected chi connectivity index (χ0v) is 37.5. The Bertz CT molecular complexity index is 2100. The van der Waals surface area contributed by atoms with Crippen molar-refractivity contribution in [2.75, 3.05) is 6.54 Å². The van der Waals surface area contributed by atoms with Crippen molar-refractivity contribution in [3.05, 3.63) is 77.1 Å². The van der Waals surface area contributed by atoms with E-state index in [9.17, 15) is 34.2 Å². The quantitative estimate of drug-likeness (QED) is 0.112. The minimum absolute atomic E-state index is 0.0526. The van der Waals surface area contributed by atoms with Crippen molar-refractivity contribution in [3.63, 3.8) is 0 Å². The highest BCUT2D eigenvalue weighted by atomic mass is 16.4. The molecule has 5 aliphatic carbocycles. The Morgan fingerprint density at radius 3 is 2.26 bits per heavy atom. The molecule has 3 amide bonds. The molecule has 0 radical (unpaired) electrons. The number of aliphatic carboxylic acids is 2. The molecule has 0 saturated heterocycles. The molecule has 5 aliphatic rings. The van der Waals surface area contributed by atoms with Crippen LogP contribution in [0.25, 0.3) is 0 Å². The summed E-state index contributed by atoms with van der Waals surface area (Å²) >= 11 is 0. The van der Waals surface area contributed by atoms with Crippen LogP contribution in [0.2, 0.25) is 0 Å². The Hall–Kier alpha value is -4.58. The molecule has 62 heavy (non-hydrogen) atoms. The van der Waals surface area contributed by atoms with E-state index in [2.05, 4.69) is 69.1 Å². The Morgan fingerprint density at radius 1 is 0.823 bits per heavy atom. The van der Waals surface area contributed by atoms with Gasteiger partial charge in [-0.2, -0.15) is 0 Å². The average molecular weight is 853 g/mol. The van der Waals surface area contributed by atoms with Gasteiger partial charge in [-0.3, -0.25) is 24.2 Å². The number of fused-ring (bicyclic) bond motifs is 7. The largest absolute Gasteiger partial charge is 0.481 e. The van der Waals surface area contributed by atoms with Crippen molar-refractivity contribution in [2.45, 2.75) is 137 Å². The third-order valence-corrected chi connectivity index (χ3v) is 17.9. The number of carbonyl (C=O) groups is 5. The number of benzene rings is 1. The van der Waals surface area contributed by atoms with E-state index in [1.54, 1.807) is 6.07 Å². The molecule has 5 saturated carbocycles. The highest BCUT2D eigenvalue weighted by Gasteiger charge is 2.71. The van der Waals surface area contributed by atoms with Crippen molar-refractivity contribution in [1.29, 1.82) is 0 Å². The lowest BCUT2D eigenvalue weighted by atomic mass is 9.32. The van der Waals surface area contributed by atoms with Gasteiger partial charge in [0.05, 0.1) is 35.7 Å². The van der Waals surface area contributed by atoms with Crippen molar-refractivity contribution in [2.24, 2.45) is 56.7 Å². The number of rotatable bonds is 13. The van der Waals surface area contributed by atoms with E-state index in [4.69, 9.17) is 5.11 Å². The standard InChI is InChI=1S/C50H68N4O8/c1-29(2)34-15-21-50(23-22-48(6)35(41(34)50)13-14-38-47(5)19-17-39(55)46(3,4)37(47)16-20-49(38,48)7)45(62)51-24-18-30-9-8-10-31(25-30)42(58)53-28-33-12-11-32(27-52-33)43(59)54-36(44(60)61)26-40(56)57/h8-12,25,27,34-39,41,55H,1,13-24,26,28H2,2-7H3,(H,51,62)(H,53,58)(H,54,59)(H,56,57)(H,60,61)/t34-,35?,36+,37?,38?,39-,41?,47-,48+,49+,50-/m0/s1. The molecule has 11 atom stereocenters. The van der Waals surface area contributed by atoms with Crippen LogP contribution in [-0.2, 0) is 27.3 Å². The van der Waals surface area contributed by atoms with Crippen LogP contribution in [0, 0.1) is 56.7 Å². The van der Waals surface area contributed by atoms with Crippen molar-refractivity contribution >= 4 is 29.7 Å². The second kappa shape index (κ2) is 16.8. The highest BCUT2D eigenvalue weighted by molar-refractivity contribution is 5.97. The van der Waals surface area contributed by atoms with Crippen molar-refractivity contribution in [3.8, 4) is 0 Å². The lowest BCUT2D eigenvalue weighted by Gasteiger charge is -2.72. The fraction of sp³-hybridized carbons (Fsp3) is 0.640. The van der Waals surface area contributed by atoms with Gasteiger partial charge in [-0.05, 0) is 159 Å². The maximum atomic E-state index is 14.7. The van der Waals surface area contributed by atoms with E-state index < -0.39 is 35.7 Å². The minimum Gasteiger partial charge on any atom is -0.481 e. The van der Waals surface area contributed by atoms with Gasteiger partial charge in [-0.25, -0.2) is 4.79 Å². The van der Waals surface area contributed by atoms with Gasteiger partial charge in [0.1, 0.15) is 6.04 Å². The number of aliphatic hydroxyl groups excluding tert-OH is 1. The molecule has 1 aromatic heterocycles. The molecule has 6 N–H and O–H groups in total. The van der Waals surface area contributed by atoms with E-state index in [1.165, 1.54) is 36.7 Å². The van der Waals surface area contributed by atoms with E-state index in [0.717, 1.165) is 56.9 Å². The lowest BCUT2D eigenvalue weighted by Crippen LogP contribution is -2.67. The molecule has 0 bridgehead atoms.